The predicted molar refractivity (Wildman–Crippen MR) is 116 cm³/mol. The van der Waals surface area contributed by atoms with Crippen LogP contribution in [0.2, 0.25) is 0 Å². The van der Waals surface area contributed by atoms with Crippen molar-refractivity contribution in [3.05, 3.63) is 50.5 Å². The quantitative estimate of drug-likeness (QED) is 0.534. The third-order valence-corrected chi connectivity index (χ3v) is 6.99. The number of thiophene rings is 1. The molecule has 0 saturated carbocycles. The SMILES string of the molecule is COc1cc(CNC(=O)CCSCc2nc3sc4c(c3c(=O)[nH]2)CCC4)ccn1. The summed E-state index contributed by atoms with van der Waals surface area (Å²) in [6.07, 6.45) is 5.23. The summed E-state index contributed by atoms with van der Waals surface area (Å²) in [5.74, 6) is 2.44. The monoisotopic (exact) mass is 430 g/mol. The lowest BCUT2D eigenvalue weighted by Crippen LogP contribution is -2.23. The largest absolute Gasteiger partial charge is 0.481 e. The van der Waals surface area contributed by atoms with E-state index < -0.39 is 0 Å². The second-order valence-electron chi connectivity index (χ2n) is 6.84. The zero-order chi connectivity index (χ0) is 20.2. The van der Waals surface area contributed by atoms with Gasteiger partial charge >= 0.3 is 0 Å². The second-order valence-corrected chi connectivity index (χ2v) is 9.02. The Morgan fingerprint density at radius 3 is 3.17 bits per heavy atom. The van der Waals surface area contributed by atoms with Crippen molar-refractivity contribution in [2.24, 2.45) is 0 Å². The van der Waals surface area contributed by atoms with E-state index in [1.165, 1.54) is 10.4 Å². The van der Waals surface area contributed by atoms with Crippen LogP contribution in [-0.2, 0) is 29.9 Å². The molecule has 0 saturated heterocycles. The van der Waals surface area contributed by atoms with Gasteiger partial charge in [-0.25, -0.2) is 9.97 Å². The topological polar surface area (TPSA) is 97.0 Å². The molecule has 1 aliphatic rings. The summed E-state index contributed by atoms with van der Waals surface area (Å²) in [5, 5.41) is 3.68. The molecule has 29 heavy (non-hydrogen) atoms. The third-order valence-electron chi connectivity index (χ3n) is 4.83. The van der Waals surface area contributed by atoms with E-state index in [0.29, 0.717) is 36.2 Å². The number of nitrogens with one attached hydrogen (secondary N) is 2. The van der Waals surface area contributed by atoms with Gasteiger partial charge in [-0.2, -0.15) is 11.8 Å². The summed E-state index contributed by atoms with van der Waals surface area (Å²) in [6, 6.07) is 3.64. The normalized spacial score (nSPS) is 12.9. The average molecular weight is 431 g/mol. The van der Waals surface area contributed by atoms with Crippen LogP contribution in [0.15, 0.2) is 23.1 Å². The second kappa shape index (κ2) is 8.96. The van der Waals surface area contributed by atoms with Gasteiger partial charge < -0.3 is 15.0 Å². The molecule has 0 radical (unpaired) electrons. The molecule has 4 rings (SSSR count). The number of ether oxygens (including phenoxy) is 1. The van der Waals surface area contributed by atoms with Crippen LogP contribution in [0.4, 0.5) is 0 Å². The number of carbonyl (C=O) groups excluding carboxylic acids is 1. The first-order valence-corrected chi connectivity index (χ1v) is 11.5. The molecule has 0 bridgehead atoms. The lowest BCUT2D eigenvalue weighted by Gasteiger charge is -2.06. The Bertz CT molecular complexity index is 1090. The van der Waals surface area contributed by atoms with Crippen LogP contribution in [0.3, 0.4) is 0 Å². The molecular formula is C20H22N4O3S2. The third kappa shape index (κ3) is 4.62. The van der Waals surface area contributed by atoms with Gasteiger partial charge in [0.1, 0.15) is 10.7 Å². The average Bonchev–Trinajstić information content (AvgIpc) is 3.30. The number of H-pyrrole nitrogens is 1. The van der Waals surface area contributed by atoms with E-state index in [0.717, 1.165) is 35.0 Å². The summed E-state index contributed by atoms with van der Waals surface area (Å²) < 4.78 is 5.08. The first-order chi connectivity index (χ1) is 14.1. The molecule has 3 aromatic rings. The Kier molecular flexibility index (Phi) is 6.15. The molecule has 1 amide bonds. The first-order valence-electron chi connectivity index (χ1n) is 9.51. The molecule has 0 fully saturated rings. The fourth-order valence-electron chi connectivity index (χ4n) is 3.41. The van der Waals surface area contributed by atoms with E-state index in [-0.39, 0.29) is 11.5 Å². The van der Waals surface area contributed by atoms with Crippen molar-refractivity contribution in [1.29, 1.82) is 0 Å². The molecular weight excluding hydrogens is 408 g/mol. The summed E-state index contributed by atoms with van der Waals surface area (Å²) >= 11 is 3.24. The van der Waals surface area contributed by atoms with Gasteiger partial charge in [0.15, 0.2) is 0 Å². The van der Waals surface area contributed by atoms with Crippen molar-refractivity contribution in [2.45, 2.75) is 38.0 Å². The molecule has 1 aliphatic carbocycles. The summed E-state index contributed by atoms with van der Waals surface area (Å²) in [7, 11) is 1.56. The van der Waals surface area contributed by atoms with Crippen LogP contribution in [0, 0.1) is 0 Å². The maximum absolute atomic E-state index is 12.5. The summed E-state index contributed by atoms with van der Waals surface area (Å²) in [4.78, 5) is 38.2. The number of thioether (sulfide) groups is 1. The summed E-state index contributed by atoms with van der Waals surface area (Å²) in [6.45, 7) is 0.441. The minimum absolute atomic E-state index is 0.0140. The highest BCUT2D eigenvalue weighted by molar-refractivity contribution is 7.98. The minimum Gasteiger partial charge on any atom is -0.481 e. The van der Waals surface area contributed by atoms with Gasteiger partial charge in [0.2, 0.25) is 11.8 Å². The molecule has 0 unspecified atom stereocenters. The van der Waals surface area contributed by atoms with E-state index in [4.69, 9.17) is 4.74 Å². The minimum atomic E-state index is -0.0319. The molecule has 3 aromatic heterocycles. The molecule has 0 atom stereocenters. The standard InChI is InChI=1S/C20H22N4O3S2/c1-27-17-9-12(5-7-21-17)10-22-16(25)6-8-28-11-15-23-19(26)18-13-3-2-4-14(13)29-20(18)24-15/h5,7,9H,2-4,6,8,10-11H2,1H3,(H,22,25)(H,23,24,26). The number of nitrogens with zero attached hydrogens (tertiary/aromatic N) is 2. The number of hydrogen-bond donors (Lipinski definition) is 2. The molecule has 0 spiro atoms. The van der Waals surface area contributed by atoms with Gasteiger partial charge in [-0.05, 0) is 36.5 Å². The van der Waals surface area contributed by atoms with Gasteiger partial charge in [-0.15, -0.1) is 11.3 Å². The molecule has 7 nitrogen and oxygen atoms in total. The number of aromatic nitrogens is 3. The number of amides is 1. The Hall–Kier alpha value is -2.39. The van der Waals surface area contributed by atoms with E-state index in [1.807, 2.05) is 6.07 Å². The highest BCUT2D eigenvalue weighted by Gasteiger charge is 2.21. The van der Waals surface area contributed by atoms with E-state index >= 15 is 0 Å². The van der Waals surface area contributed by atoms with Crippen LogP contribution in [0.25, 0.3) is 10.2 Å². The smallest absolute Gasteiger partial charge is 0.259 e. The van der Waals surface area contributed by atoms with Crippen LogP contribution in [0.1, 0.15) is 34.7 Å². The van der Waals surface area contributed by atoms with Crippen molar-refractivity contribution in [3.8, 4) is 5.88 Å². The van der Waals surface area contributed by atoms with Crippen LogP contribution in [-0.4, -0.2) is 33.7 Å². The Morgan fingerprint density at radius 1 is 1.41 bits per heavy atom. The number of methoxy groups -OCH3 is 1. The van der Waals surface area contributed by atoms with E-state index in [1.54, 1.807) is 42.5 Å². The highest BCUT2D eigenvalue weighted by Crippen LogP contribution is 2.34. The Labute approximate surface area is 176 Å². The molecule has 9 heteroatoms. The van der Waals surface area contributed by atoms with Crippen LogP contribution in [0.5, 0.6) is 5.88 Å². The van der Waals surface area contributed by atoms with Crippen molar-refractivity contribution < 1.29 is 9.53 Å². The number of aromatic amines is 1. The maximum atomic E-state index is 12.5. The maximum Gasteiger partial charge on any atom is 0.259 e. The lowest BCUT2D eigenvalue weighted by atomic mass is 10.2. The van der Waals surface area contributed by atoms with Crippen LogP contribution < -0.4 is 15.6 Å². The fraction of sp³-hybridized carbons (Fsp3) is 0.400. The number of fused-ring (bicyclic) bond motifs is 3. The molecule has 152 valence electrons. The van der Waals surface area contributed by atoms with E-state index in [9.17, 15) is 9.59 Å². The number of hydrogen-bond acceptors (Lipinski definition) is 7. The Morgan fingerprint density at radius 2 is 2.31 bits per heavy atom. The number of aryl methyl sites for hydroxylation is 2. The van der Waals surface area contributed by atoms with Crippen LogP contribution >= 0.6 is 23.1 Å². The number of pyridine rings is 1. The Balaban J connectivity index is 1.25. The number of carbonyl (C=O) groups is 1. The molecule has 3 heterocycles. The van der Waals surface area contributed by atoms with Crippen molar-refractivity contribution >= 4 is 39.2 Å². The molecule has 0 aliphatic heterocycles. The van der Waals surface area contributed by atoms with Crippen molar-refractivity contribution in [3.63, 3.8) is 0 Å². The van der Waals surface area contributed by atoms with Crippen molar-refractivity contribution in [2.75, 3.05) is 12.9 Å². The summed E-state index contributed by atoms with van der Waals surface area (Å²) in [5.41, 5.74) is 2.10. The molecule has 0 aromatic carbocycles. The van der Waals surface area contributed by atoms with Gasteiger partial charge in [0, 0.05) is 35.9 Å². The predicted octanol–water partition coefficient (Wildman–Crippen LogP) is 2.82. The number of rotatable bonds is 8. The van der Waals surface area contributed by atoms with E-state index in [2.05, 4.69) is 20.3 Å². The lowest BCUT2D eigenvalue weighted by molar-refractivity contribution is -0.120. The van der Waals surface area contributed by atoms with Gasteiger partial charge in [0.25, 0.3) is 5.56 Å². The fourth-order valence-corrected chi connectivity index (χ4v) is 5.50. The first kappa shape index (κ1) is 19.9. The van der Waals surface area contributed by atoms with Crippen molar-refractivity contribution in [1.82, 2.24) is 20.3 Å². The van der Waals surface area contributed by atoms with Gasteiger partial charge in [-0.1, -0.05) is 0 Å². The van der Waals surface area contributed by atoms with Gasteiger partial charge in [0.05, 0.1) is 18.2 Å². The molecule has 2 N–H and O–H groups in total. The zero-order valence-corrected chi connectivity index (χ0v) is 17.8. The van der Waals surface area contributed by atoms with Gasteiger partial charge in [-0.3, -0.25) is 9.59 Å². The highest BCUT2D eigenvalue weighted by atomic mass is 32.2. The zero-order valence-electron chi connectivity index (χ0n) is 16.1.